The number of ether oxygens (including phenoxy) is 1. The molecule has 23 heavy (non-hydrogen) atoms. The first-order chi connectivity index (χ1) is 10.8. The van der Waals surface area contributed by atoms with Gasteiger partial charge in [-0.05, 0) is 25.1 Å². The van der Waals surface area contributed by atoms with Gasteiger partial charge in [0.25, 0.3) is 17.6 Å². The Balaban J connectivity index is 2.09. The fourth-order valence-corrected chi connectivity index (χ4v) is 1.60. The molecule has 0 saturated carbocycles. The molecule has 3 N–H and O–H groups in total. The van der Waals surface area contributed by atoms with Crippen molar-refractivity contribution in [1.82, 2.24) is 15.5 Å². The van der Waals surface area contributed by atoms with E-state index in [0.717, 1.165) is 6.92 Å². The van der Waals surface area contributed by atoms with Gasteiger partial charge in [0.1, 0.15) is 5.75 Å². The monoisotopic (exact) mass is 321 g/mol. The molecule has 0 bridgehead atoms. The van der Waals surface area contributed by atoms with Crippen molar-refractivity contribution in [2.24, 2.45) is 0 Å². The highest BCUT2D eigenvalue weighted by Crippen LogP contribution is 2.22. The Kier molecular flexibility index (Phi) is 4.60. The van der Waals surface area contributed by atoms with Crippen molar-refractivity contribution in [1.29, 1.82) is 0 Å². The lowest BCUT2D eigenvalue weighted by Gasteiger charge is -2.17. The Morgan fingerprint density at radius 3 is 2.83 bits per heavy atom. The highest BCUT2D eigenvalue weighted by molar-refractivity contribution is 5.91. The van der Waals surface area contributed by atoms with Crippen molar-refractivity contribution in [3.63, 3.8) is 0 Å². The first-order valence-electron chi connectivity index (χ1n) is 6.55. The number of carboxylic acids is 1. The maximum absolute atomic E-state index is 11.9. The summed E-state index contributed by atoms with van der Waals surface area (Å²) >= 11 is 0. The summed E-state index contributed by atoms with van der Waals surface area (Å²) in [5.41, 5.74) is -1.52. The van der Waals surface area contributed by atoms with Crippen molar-refractivity contribution >= 4 is 11.9 Å². The fraction of sp³-hybridized carbons (Fsp3) is 0.286. The van der Waals surface area contributed by atoms with Crippen LogP contribution in [0.2, 0.25) is 0 Å². The van der Waals surface area contributed by atoms with Crippen LogP contribution in [0.15, 0.2) is 28.8 Å². The topological polar surface area (TPSA) is 135 Å². The van der Waals surface area contributed by atoms with Crippen LogP contribution in [-0.4, -0.2) is 51.5 Å². The van der Waals surface area contributed by atoms with Crippen LogP contribution in [0, 0.1) is 0 Å². The number of amides is 1. The molecule has 0 aliphatic carbocycles. The van der Waals surface area contributed by atoms with Gasteiger partial charge in [0, 0.05) is 5.56 Å². The molecule has 0 radical (unpaired) electrons. The molecule has 0 aliphatic rings. The molecule has 1 atom stereocenters. The Morgan fingerprint density at radius 2 is 2.17 bits per heavy atom. The summed E-state index contributed by atoms with van der Waals surface area (Å²) in [5, 5.41) is 24.1. The Hall–Kier alpha value is -2.94. The average Bonchev–Trinajstić information content (AvgIpc) is 3.02. The molecule has 0 fully saturated rings. The summed E-state index contributed by atoms with van der Waals surface area (Å²) in [6, 6.07) is 6.82. The molecule has 1 aromatic carbocycles. The summed E-state index contributed by atoms with van der Waals surface area (Å²) in [6.07, 6.45) is 0. The van der Waals surface area contributed by atoms with Gasteiger partial charge in [-0.15, -0.1) is 0 Å². The Labute approximate surface area is 130 Å². The van der Waals surface area contributed by atoms with Gasteiger partial charge in [0.05, 0.1) is 13.7 Å². The number of hydrogen-bond donors (Lipinski definition) is 3. The van der Waals surface area contributed by atoms with E-state index in [9.17, 15) is 14.7 Å². The lowest BCUT2D eigenvalue weighted by atomic mass is 10.1. The van der Waals surface area contributed by atoms with Crippen molar-refractivity contribution in [3.8, 4) is 17.2 Å². The lowest BCUT2D eigenvalue weighted by molar-refractivity contribution is -0.155. The molecule has 1 unspecified atom stereocenters. The molecular weight excluding hydrogens is 306 g/mol. The number of carboxylic acid groups (broad SMARTS) is 1. The first kappa shape index (κ1) is 16.4. The molecule has 1 aromatic heterocycles. The molecule has 0 saturated heterocycles. The molecule has 0 spiro atoms. The molecule has 1 heterocycles. The predicted molar refractivity (Wildman–Crippen MR) is 76.9 cm³/mol. The van der Waals surface area contributed by atoms with Gasteiger partial charge in [0.2, 0.25) is 0 Å². The zero-order chi connectivity index (χ0) is 17.0. The van der Waals surface area contributed by atoms with E-state index in [-0.39, 0.29) is 11.7 Å². The molecule has 2 rings (SSSR count). The molecule has 9 heteroatoms. The van der Waals surface area contributed by atoms with Crippen LogP contribution in [0.4, 0.5) is 0 Å². The molecule has 122 valence electrons. The summed E-state index contributed by atoms with van der Waals surface area (Å²) in [4.78, 5) is 26.5. The number of nitrogens with one attached hydrogen (secondary N) is 1. The Bertz CT molecular complexity index is 725. The average molecular weight is 321 g/mol. The summed E-state index contributed by atoms with van der Waals surface area (Å²) in [6.45, 7) is 0.567. The zero-order valence-electron chi connectivity index (χ0n) is 12.4. The van der Waals surface area contributed by atoms with Crippen LogP contribution < -0.4 is 10.1 Å². The van der Waals surface area contributed by atoms with Crippen molar-refractivity contribution in [2.75, 3.05) is 13.7 Å². The number of aliphatic hydroxyl groups is 1. The van der Waals surface area contributed by atoms with E-state index in [4.69, 9.17) is 14.4 Å². The number of hydrogen-bond acceptors (Lipinski definition) is 7. The highest BCUT2D eigenvalue weighted by atomic mass is 16.5. The van der Waals surface area contributed by atoms with E-state index in [0.29, 0.717) is 11.3 Å². The van der Waals surface area contributed by atoms with E-state index >= 15 is 0 Å². The standard InChI is InChI=1S/C14H15N3O6/c1-14(21,13(19)20)7-15-11(18)10-16-12(23-17-10)8-4-3-5-9(6-8)22-2/h3-6,21H,7H2,1-2H3,(H,15,18)(H,19,20). The number of nitrogens with zero attached hydrogens (tertiary/aromatic N) is 2. The van der Waals surface area contributed by atoms with Crippen LogP contribution in [0.1, 0.15) is 17.5 Å². The second kappa shape index (κ2) is 6.44. The predicted octanol–water partition coefficient (Wildman–Crippen LogP) is 0.311. The maximum atomic E-state index is 11.9. The third-order valence-corrected chi connectivity index (χ3v) is 3.00. The quantitative estimate of drug-likeness (QED) is 0.692. The van der Waals surface area contributed by atoms with Gasteiger partial charge in [-0.3, -0.25) is 4.79 Å². The number of carbonyl (C=O) groups is 2. The van der Waals surface area contributed by atoms with Gasteiger partial charge in [-0.2, -0.15) is 4.98 Å². The maximum Gasteiger partial charge on any atom is 0.337 e. The number of aromatic nitrogens is 2. The van der Waals surface area contributed by atoms with Crippen molar-refractivity contribution < 1.29 is 29.1 Å². The van der Waals surface area contributed by atoms with Crippen LogP contribution >= 0.6 is 0 Å². The molecule has 0 aliphatic heterocycles. The van der Waals surface area contributed by atoms with E-state index in [1.54, 1.807) is 24.3 Å². The van der Waals surface area contributed by atoms with Crippen molar-refractivity contribution in [2.45, 2.75) is 12.5 Å². The SMILES string of the molecule is COc1cccc(-c2nc(C(=O)NCC(C)(O)C(=O)O)no2)c1. The third-order valence-electron chi connectivity index (χ3n) is 3.00. The van der Waals surface area contributed by atoms with Gasteiger partial charge >= 0.3 is 5.97 Å². The number of benzene rings is 1. The minimum atomic E-state index is -2.09. The molecular formula is C14H15N3O6. The number of carbonyl (C=O) groups excluding carboxylic acids is 1. The molecule has 1 amide bonds. The van der Waals surface area contributed by atoms with Crippen LogP contribution in [0.3, 0.4) is 0 Å². The highest BCUT2D eigenvalue weighted by Gasteiger charge is 2.31. The van der Waals surface area contributed by atoms with E-state index in [1.807, 2.05) is 0 Å². The Morgan fingerprint density at radius 1 is 1.43 bits per heavy atom. The third kappa shape index (κ3) is 3.83. The zero-order valence-corrected chi connectivity index (χ0v) is 12.4. The van der Waals surface area contributed by atoms with E-state index < -0.39 is 24.0 Å². The number of aliphatic carboxylic acids is 1. The van der Waals surface area contributed by atoms with E-state index in [2.05, 4.69) is 15.5 Å². The normalized spacial score (nSPS) is 13.2. The van der Waals surface area contributed by atoms with Crippen LogP contribution in [0.5, 0.6) is 5.75 Å². The number of methoxy groups -OCH3 is 1. The van der Waals surface area contributed by atoms with Gasteiger partial charge in [-0.1, -0.05) is 11.2 Å². The van der Waals surface area contributed by atoms with Crippen LogP contribution in [-0.2, 0) is 4.79 Å². The van der Waals surface area contributed by atoms with Gasteiger partial charge in [-0.25, -0.2) is 4.79 Å². The first-order valence-corrected chi connectivity index (χ1v) is 6.55. The molecule has 9 nitrogen and oxygen atoms in total. The summed E-state index contributed by atoms with van der Waals surface area (Å²) in [5.74, 6) is -1.79. The largest absolute Gasteiger partial charge is 0.497 e. The van der Waals surface area contributed by atoms with Crippen molar-refractivity contribution in [3.05, 3.63) is 30.1 Å². The minimum absolute atomic E-state index is 0.110. The van der Waals surface area contributed by atoms with Crippen LogP contribution in [0.25, 0.3) is 11.5 Å². The molecule has 2 aromatic rings. The number of rotatable bonds is 6. The lowest BCUT2D eigenvalue weighted by Crippen LogP contribution is -2.46. The second-order valence-electron chi connectivity index (χ2n) is 4.92. The summed E-state index contributed by atoms with van der Waals surface area (Å²) in [7, 11) is 1.51. The fourth-order valence-electron chi connectivity index (χ4n) is 1.60. The minimum Gasteiger partial charge on any atom is -0.497 e. The van der Waals surface area contributed by atoms with Gasteiger partial charge < -0.3 is 24.8 Å². The smallest absolute Gasteiger partial charge is 0.337 e. The second-order valence-corrected chi connectivity index (χ2v) is 4.92. The van der Waals surface area contributed by atoms with Gasteiger partial charge in [0.15, 0.2) is 5.60 Å². The summed E-state index contributed by atoms with van der Waals surface area (Å²) < 4.78 is 10.1. The van der Waals surface area contributed by atoms with E-state index in [1.165, 1.54) is 7.11 Å².